The Morgan fingerprint density at radius 2 is 1.00 bits per heavy atom. The fourth-order valence-electron chi connectivity index (χ4n) is 1.05. The summed E-state index contributed by atoms with van der Waals surface area (Å²) >= 11 is 0. The zero-order valence-electron chi connectivity index (χ0n) is 8.76. The van der Waals surface area contributed by atoms with Crippen molar-refractivity contribution in [2.75, 3.05) is 39.3 Å². The van der Waals surface area contributed by atoms with E-state index in [0.717, 1.165) is 0 Å². The topological polar surface area (TPSA) is 91.5 Å². The van der Waals surface area contributed by atoms with Crippen molar-refractivity contribution in [2.24, 2.45) is 15.0 Å². The molecule has 0 aromatic rings. The van der Waals surface area contributed by atoms with E-state index < -0.39 is 0 Å². The summed E-state index contributed by atoms with van der Waals surface area (Å²) < 4.78 is 0. The highest BCUT2D eigenvalue weighted by Gasteiger charge is 2.02. The van der Waals surface area contributed by atoms with E-state index in [9.17, 15) is 14.4 Å². The zero-order chi connectivity index (χ0) is 12.1. The van der Waals surface area contributed by atoms with Crippen LogP contribution in [0.5, 0.6) is 0 Å². The average Bonchev–Trinajstić information content (AvgIpc) is 2.29. The fraction of sp³-hybridized carbons (Fsp3) is 0.667. The second-order valence-electron chi connectivity index (χ2n) is 2.76. The van der Waals surface area contributed by atoms with Gasteiger partial charge in [-0.3, -0.25) is 4.90 Å². The lowest BCUT2D eigenvalue weighted by molar-refractivity contribution is 0.297. The standard InChI is InChI=1S/C9H12N4O3/c14-7-10-1-4-13(5-2-11-8-15)6-3-12-9-16/h1-6H2. The molecular weight excluding hydrogens is 212 g/mol. The Morgan fingerprint density at radius 3 is 1.25 bits per heavy atom. The Morgan fingerprint density at radius 1 is 0.688 bits per heavy atom. The van der Waals surface area contributed by atoms with Crippen LogP contribution >= 0.6 is 0 Å². The first-order chi connectivity index (χ1) is 7.85. The summed E-state index contributed by atoms with van der Waals surface area (Å²) in [6.45, 7) is 2.53. The Balaban J connectivity index is 3.97. The summed E-state index contributed by atoms with van der Waals surface area (Å²) in [5.74, 6) is 0. The van der Waals surface area contributed by atoms with Crippen molar-refractivity contribution in [3.63, 3.8) is 0 Å². The quantitative estimate of drug-likeness (QED) is 0.382. The minimum Gasteiger partial charge on any atom is -0.298 e. The molecule has 0 spiro atoms. The monoisotopic (exact) mass is 224 g/mol. The summed E-state index contributed by atoms with van der Waals surface area (Å²) in [4.78, 5) is 41.7. The Hall–Kier alpha value is -1.90. The maximum Gasteiger partial charge on any atom is 0.234 e. The van der Waals surface area contributed by atoms with Gasteiger partial charge in [-0.15, -0.1) is 0 Å². The third-order valence-corrected chi connectivity index (χ3v) is 1.78. The SMILES string of the molecule is O=C=NCCN(CCN=C=O)CCN=C=O. The maximum absolute atomic E-state index is 9.86. The number of aliphatic imine (C=N–C) groups is 3. The van der Waals surface area contributed by atoms with E-state index >= 15 is 0 Å². The van der Waals surface area contributed by atoms with Crippen molar-refractivity contribution in [1.29, 1.82) is 0 Å². The van der Waals surface area contributed by atoms with Gasteiger partial charge < -0.3 is 0 Å². The molecule has 0 aromatic heterocycles. The molecule has 0 aliphatic rings. The van der Waals surface area contributed by atoms with Crippen LogP contribution in [0.1, 0.15) is 0 Å². The van der Waals surface area contributed by atoms with Crippen LogP contribution < -0.4 is 0 Å². The van der Waals surface area contributed by atoms with E-state index in [0.29, 0.717) is 39.3 Å². The highest BCUT2D eigenvalue weighted by Crippen LogP contribution is 1.89. The van der Waals surface area contributed by atoms with Crippen LogP contribution in [0.2, 0.25) is 0 Å². The molecule has 16 heavy (non-hydrogen) atoms. The van der Waals surface area contributed by atoms with Crippen molar-refractivity contribution < 1.29 is 14.4 Å². The second kappa shape index (κ2) is 11.2. The van der Waals surface area contributed by atoms with Gasteiger partial charge >= 0.3 is 0 Å². The van der Waals surface area contributed by atoms with Gasteiger partial charge in [0.25, 0.3) is 0 Å². The molecule has 0 saturated heterocycles. The molecule has 7 heteroatoms. The number of hydrogen-bond acceptors (Lipinski definition) is 7. The highest BCUT2D eigenvalue weighted by molar-refractivity contribution is 5.33. The van der Waals surface area contributed by atoms with Crippen LogP contribution in [0.25, 0.3) is 0 Å². The number of isocyanates is 3. The highest BCUT2D eigenvalue weighted by atomic mass is 16.1. The molecule has 0 atom stereocenters. The van der Waals surface area contributed by atoms with Gasteiger partial charge in [0.15, 0.2) is 0 Å². The molecule has 0 radical (unpaired) electrons. The van der Waals surface area contributed by atoms with Crippen molar-refractivity contribution in [3.8, 4) is 0 Å². The molecule has 0 aliphatic carbocycles. The predicted octanol–water partition coefficient (Wildman–Crippen LogP) is -0.704. The van der Waals surface area contributed by atoms with Crippen molar-refractivity contribution in [3.05, 3.63) is 0 Å². The van der Waals surface area contributed by atoms with Gasteiger partial charge in [0.1, 0.15) is 0 Å². The first-order valence-corrected chi connectivity index (χ1v) is 4.68. The molecule has 0 fully saturated rings. The average molecular weight is 224 g/mol. The molecule has 7 nitrogen and oxygen atoms in total. The van der Waals surface area contributed by atoms with Gasteiger partial charge in [-0.2, -0.15) is 0 Å². The van der Waals surface area contributed by atoms with Crippen LogP contribution in [0, 0.1) is 0 Å². The first-order valence-electron chi connectivity index (χ1n) is 4.68. The van der Waals surface area contributed by atoms with Crippen LogP contribution in [0.4, 0.5) is 0 Å². The summed E-state index contributed by atoms with van der Waals surface area (Å²) in [5, 5.41) is 0. The molecule has 0 saturated carbocycles. The van der Waals surface area contributed by atoms with Gasteiger partial charge in [-0.25, -0.2) is 29.4 Å². The molecular formula is C9H12N4O3. The number of carbonyl (C=O) groups excluding carboxylic acids is 3. The predicted molar refractivity (Wildman–Crippen MR) is 55.4 cm³/mol. The lowest BCUT2D eigenvalue weighted by Gasteiger charge is -2.18. The largest absolute Gasteiger partial charge is 0.298 e. The van der Waals surface area contributed by atoms with Crippen molar-refractivity contribution in [2.45, 2.75) is 0 Å². The molecule has 0 rings (SSSR count). The van der Waals surface area contributed by atoms with Crippen LogP contribution in [-0.2, 0) is 14.4 Å². The summed E-state index contributed by atoms with van der Waals surface area (Å²) in [7, 11) is 0. The van der Waals surface area contributed by atoms with Gasteiger partial charge in [-0.05, 0) is 0 Å². The summed E-state index contributed by atoms with van der Waals surface area (Å²) in [6.07, 6.45) is 4.30. The maximum atomic E-state index is 9.86. The van der Waals surface area contributed by atoms with Crippen molar-refractivity contribution in [1.82, 2.24) is 4.90 Å². The number of nitrogens with zero attached hydrogens (tertiary/aromatic N) is 4. The minimum absolute atomic E-state index is 0.319. The minimum atomic E-state index is 0.319. The first kappa shape index (κ1) is 14.1. The normalized spacial score (nSPS) is 8.81. The molecule has 0 heterocycles. The molecule has 86 valence electrons. The molecule has 0 aliphatic heterocycles. The second-order valence-corrected chi connectivity index (χ2v) is 2.76. The molecule has 0 amide bonds. The van der Waals surface area contributed by atoms with Crippen molar-refractivity contribution >= 4 is 18.2 Å². The lowest BCUT2D eigenvalue weighted by atomic mass is 10.4. The Kier molecular flexibility index (Phi) is 9.85. The molecule has 0 N–H and O–H groups in total. The van der Waals surface area contributed by atoms with Crippen LogP contribution in [0.15, 0.2) is 15.0 Å². The van der Waals surface area contributed by atoms with Gasteiger partial charge in [0, 0.05) is 19.6 Å². The zero-order valence-corrected chi connectivity index (χ0v) is 8.76. The fourth-order valence-corrected chi connectivity index (χ4v) is 1.05. The Labute approximate surface area is 92.6 Å². The third kappa shape index (κ3) is 8.69. The summed E-state index contributed by atoms with van der Waals surface area (Å²) in [6, 6.07) is 0. The number of hydrogen-bond donors (Lipinski definition) is 0. The molecule has 0 bridgehead atoms. The number of rotatable bonds is 9. The summed E-state index contributed by atoms with van der Waals surface area (Å²) in [5.41, 5.74) is 0. The van der Waals surface area contributed by atoms with Gasteiger partial charge in [0.2, 0.25) is 18.2 Å². The van der Waals surface area contributed by atoms with Gasteiger partial charge in [-0.1, -0.05) is 0 Å². The van der Waals surface area contributed by atoms with Gasteiger partial charge in [0.05, 0.1) is 19.6 Å². The lowest BCUT2D eigenvalue weighted by Crippen LogP contribution is -2.31. The van der Waals surface area contributed by atoms with E-state index in [1.165, 1.54) is 18.2 Å². The van der Waals surface area contributed by atoms with Crippen LogP contribution in [-0.4, -0.2) is 62.4 Å². The Bertz CT molecular complexity index is 273. The van der Waals surface area contributed by atoms with E-state index in [4.69, 9.17) is 0 Å². The van der Waals surface area contributed by atoms with E-state index in [-0.39, 0.29) is 0 Å². The van der Waals surface area contributed by atoms with Crippen LogP contribution in [0.3, 0.4) is 0 Å². The van der Waals surface area contributed by atoms with E-state index in [1.807, 2.05) is 4.90 Å². The molecule has 0 aromatic carbocycles. The molecule has 0 unspecified atom stereocenters. The van der Waals surface area contributed by atoms with E-state index in [1.54, 1.807) is 0 Å². The smallest absolute Gasteiger partial charge is 0.234 e. The third-order valence-electron chi connectivity index (χ3n) is 1.78. The van der Waals surface area contributed by atoms with E-state index in [2.05, 4.69) is 15.0 Å².